The SMILES string of the molecule is CS(=O)(=O)c1ccc(-c2nncc3cc(Oc4ccc(F)cc4)ccc23)cc1. The van der Waals surface area contributed by atoms with E-state index in [1.54, 1.807) is 48.7 Å². The van der Waals surface area contributed by atoms with E-state index >= 15 is 0 Å². The van der Waals surface area contributed by atoms with Crippen LogP contribution in [-0.4, -0.2) is 24.9 Å². The Bertz CT molecular complexity index is 1260. The van der Waals surface area contributed by atoms with Crippen LogP contribution in [-0.2, 0) is 9.84 Å². The third kappa shape index (κ3) is 3.70. The summed E-state index contributed by atoms with van der Waals surface area (Å²) in [5.41, 5.74) is 1.41. The first-order valence-corrected chi connectivity index (χ1v) is 10.3. The van der Waals surface area contributed by atoms with Crippen LogP contribution in [0.5, 0.6) is 11.5 Å². The second kappa shape index (κ2) is 7.01. The van der Waals surface area contributed by atoms with Crippen molar-refractivity contribution in [3.05, 3.63) is 78.7 Å². The Hall–Kier alpha value is -3.32. The van der Waals surface area contributed by atoms with Gasteiger partial charge in [-0.15, -0.1) is 5.10 Å². The van der Waals surface area contributed by atoms with Gasteiger partial charge in [0.15, 0.2) is 9.84 Å². The first-order valence-electron chi connectivity index (χ1n) is 8.39. The summed E-state index contributed by atoms with van der Waals surface area (Å²) in [5, 5.41) is 9.93. The molecule has 0 saturated heterocycles. The molecule has 0 spiro atoms. The molecule has 0 atom stereocenters. The van der Waals surface area contributed by atoms with E-state index < -0.39 is 9.84 Å². The molecular formula is C21H15FN2O3S. The average Bonchev–Trinajstić information content (AvgIpc) is 2.68. The number of aromatic nitrogens is 2. The van der Waals surface area contributed by atoms with Crippen molar-refractivity contribution in [1.29, 1.82) is 0 Å². The van der Waals surface area contributed by atoms with Gasteiger partial charge in [-0.1, -0.05) is 12.1 Å². The summed E-state index contributed by atoms with van der Waals surface area (Å²) in [4.78, 5) is 0.249. The summed E-state index contributed by atoms with van der Waals surface area (Å²) in [6.45, 7) is 0. The predicted octanol–water partition coefficient (Wildman–Crippen LogP) is 4.63. The minimum atomic E-state index is -3.26. The zero-order valence-corrected chi connectivity index (χ0v) is 15.7. The van der Waals surface area contributed by atoms with Crippen LogP contribution in [0.3, 0.4) is 0 Å². The van der Waals surface area contributed by atoms with Crippen molar-refractivity contribution in [1.82, 2.24) is 10.2 Å². The fourth-order valence-electron chi connectivity index (χ4n) is 2.84. The molecule has 0 radical (unpaired) electrons. The summed E-state index contributed by atoms with van der Waals surface area (Å²) in [6.07, 6.45) is 2.80. The summed E-state index contributed by atoms with van der Waals surface area (Å²) in [7, 11) is -3.26. The lowest BCUT2D eigenvalue weighted by atomic mass is 10.1. The van der Waals surface area contributed by atoms with Crippen molar-refractivity contribution < 1.29 is 17.5 Å². The van der Waals surface area contributed by atoms with Gasteiger partial charge in [-0.3, -0.25) is 0 Å². The number of rotatable bonds is 4. The summed E-state index contributed by atoms with van der Waals surface area (Å²) in [5.74, 6) is 0.789. The van der Waals surface area contributed by atoms with Gasteiger partial charge in [0.25, 0.3) is 0 Å². The van der Waals surface area contributed by atoms with Gasteiger partial charge in [-0.25, -0.2) is 12.8 Å². The topological polar surface area (TPSA) is 69.2 Å². The molecular weight excluding hydrogens is 379 g/mol. The molecule has 1 heterocycles. The first kappa shape index (κ1) is 18.1. The van der Waals surface area contributed by atoms with Gasteiger partial charge in [-0.05, 0) is 54.6 Å². The highest BCUT2D eigenvalue weighted by Gasteiger charge is 2.11. The zero-order chi connectivity index (χ0) is 19.7. The van der Waals surface area contributed by atoms with Gasteiger partial charge >= 0.3 is 0 Å². The highest BCUT2D eigenvalue weighted by atomic mass is 32.2. The number of fused-ring (bicyclic) bond motifs is 1. The smallest absolute Gasteiger partial charge is 0.175 e. The largest absolute Gasteiger partial charge is 0.457 e. The normalized spacial score (nSPS) is 11.5. The average molecular weight is 394 g/mol. The molecule has 4 rings (SSSR count). The molecule has 0 amide bonds. The molecule has 0 saturated carbocycles. The standard InChI is InChI=1S/C21H15FN2O3S/c1-28(25,26)19-9-2-14(3-10-19)21-20-11-8-18(12-15(20)13-23-24-21)27-17-6-4-16(22)5-7-17/h2-13H,1H3. The number of sulfone groups is 1. The number of ether oxygens (including phenoxy) is 1. The molecule has 0 unspecified atom stereocenters. The Balaban J connectivity index is 1.70. The highest BCUT2D eigenvalue weighted by molar-refractivity contribution is 7.90. The number of nitrogens with zero attached hydrogens (tertiary/aromatic N) is 2. The van der Waals surface area contributed by atoms with Crippen molar-refractivity contribution in [2.24, 2.45) is 0 Å². The van der Waals surface area contributed by atoms with Crippen LogP contribution in [0.2, 0.25) is 0 Å². The van der Waals surface area contributed by atoms with Crippen molar-refractivity contribution in [3.63, 3.8) is 0 Å². The molecule has 4 aromatic rings. The maximum Gasteiger partial charge on any atom is 0.175 e. The fraction of sp³-hybridized carbons (Fsp3) is 0.0476. The second-order valence-electron chi connectivity index (χ2n) is 6.29. The molecule has 0 bridgehead atoms. The van der Waals surface area contributed by atoms with Crippen LogP contribution in [0.1, 0.15) is 0 Å². The van der Waals surface area contributed by atoms with Gasteiger partial charge in [0, 0.05) is 22.6 Å². The Morgan fingerprint density at radius 3 is 2.25 bits per heavy atom. The van der Waals surface area contributed by atoms with E-state index in [0.29, 0.717) is 17.2 Å². The molecule has 1 aromatic heterocycles. The van der Waals surface area contributed by atoms with E-state index in [4.69, 9.17) is 4.74 Å². The van der Waals surface area contributed by atoms with Crippen molar-refractivity contribution in [2.75, 3.05) is 6.26 Å². The molecule has 0 aliphatic rings. The third-order valence-corrected chi connectivity index (χ3v) is 5.37. The van der Waals surface area contributed by atoms with E-state index in [-0.39, 0.29) is 10.7 Å². The van der Waals surface area contributed by atoms with E-state index in [2.05, 4.69) is 10.2 Å². The van der Waals surface area contributed by atoms with Gasteiger partial charge in [0.2, 0.25) is 0 Å². The molecule has 0 aliphatic carbocycles. The third-order valence-electron chi connectivity index (χ3n) is 4.24. The summed E-state index contributed by atoms with van der Waals surface area (Å²) < 4.78 is 42.1. The molecule has 5 nitrogen and oxygen atoms in total. The van der Waals surface area contributed by atoms with Crippen molar-refractivity contribution in [2.45, 2.75) is 4.90 Å². The van der Waals surface area contributed by atoms with Crippen LogP contribution in [0.15, 0.2) is 77.8 Å². The maximum atomic E-state index is 13.0. The first-order chi connectivity index (χ1) is 13.4. The monoisotopic (exact) mass is 394 g/mol. The molecule has 0 N–H and O–H groups in total. The molecule has 0 aliphatic heterocycles. The number of hydrogen-bond donors (Lipinski definition) is 0. The minimum Gasteiger partial charge on any atom is -0.457 e. The van der Waals surface area contributed by atoms with Gasteiger partial charge in [0.05, 0.1) is 11.1 Å². The van der Waals surface area contributed by atoms with Crippen LogP contribution in [0, 0.1) is 5.82 Å². The predicted molar refractivity (Wildman–Crippen MR) is 105 cm³/mol. The maximum absolute atomic E-state index is 13.0. The minimum absolute atomic E-state index is 0.249. The number of hydrogen-bond acceptors (Lipinski definition) is 5. The number of benzene rings is 3. The molecule has 7 heteroatoms. The molecule has 0 fully saturated rings. The van der Waals surface area contributed by atoms with Gasteiger partial charge in [0.1, 0.15) is 23.0 Å². The van der Waals surface area contributed by atoms with Crippen molar-refractivity contribution >= 4 is 20.6 Å². The Morgan fingerprint density at radius 1 is 0.893 bits per heavy atom. The van der Waals surface area contributed by atoms with Gasteiger partial charge in [-0.2, -0.15) is 5.10 Å². The van der Waals surface area contributed by atoms with E-state index in [1.165, 1.54) is 18.4 Å². The lowest BCUT2D eigenvalue weighted by Gasteiger charge is -2.09. The van der Waals surface area contributed by atoms with Crippen LogP contribution < -0.4 is 4.74 Å². The lowest BCUT2D eigenvalue weighted by Crippen LogP contribution is -1.97. The van der Waals surface area contributed by atoms with Crippen LogP contribution in [0.25, 0.3) is 22.0 Å². The highest BCUT2D eigenvalue weighted by Crippen LogP contribution is 2.30. The van der Waals surface area contributed by atoms with E-state index in [1.807, 2.05) is 12.1 Å². The number of halogens is 1. The second-order valence-corrected chi connectivity index (χ2v) is 8.31. The summed E-state index contributed by atoms with van der Waals surface area (Å²) >= 11 is 0. The molecule has 28 heavy (non-hydrogen) atoms. The lowest BCUT2D eigenvalue weighted by molar-refractivity contribution is 0.481. The molecule has 3 aromatic carbocycles. The Kier molecular flexibility index (Phi) is 4.52. The Labute approximate surface area is 161 Å². The van der Waals surface area contributed by atoms with Crippen molar-refractivity contribution in [3.8, 4) is 22.8 Å². The van der Waals surface area contributed by atoms with Crippen LogP contribution in [0.4, 0.5) is 4.39 Å². The van der Waals surface area contributed by atoms with Crippen LogP contribution >= 0.6 is 0 Å². The Morgan fingerprint density at radius 2 is 1.57 bits per heavy atom. The summed E-state index contributed by atoms with van der Waals surface area (Å²) in [6, 6.07) is 17.8. The van der Waals surface area contributed by atoms with E-state index in [9.17, 15) is 12.8 Å². The van der Waals surface area contributed by atoms with Gasteiger partial charge < -0.3 is 4.74 Å². The fourth-order valence-corrected chi connectivity index (χ4v) is 3.47. The zero-order valence-electron chi connectivity index (χ0n) is 14.8. The van der Waals surface area contributed by atoms with E-state index in [0.717, 1.165) is 16.3 Å². The molecule has 140 valence electrons. The quantitative estimate of drug-likeness (QED) is 0.505.